The van der Waals surface area contributed by atoms with Crippen molar-refractivity contribution in [2.75, 3.05) is 26.2 Å². The van der Waals surface area contributed by atoms with Crippen LogP contribution >= 0.6 is 0 Å². The number of carbonyl (C=O) groups excluding carboxylic acids is 1. The summed E-state index contributed by atoms with van der Waals surface area (Å²) >= 11 is 0. The second kappa shape index (κ2) is 4.94. The SMILES string of the molecule is CC1(C)CCN(CC2CNC(C(N)=O)C2)CC1. The number of carbonyl (C=O) groups is 1. The molecule has 2 unspecified atom stereocenters. The summed E-state index contributed by atoms with van der Waals surface area (Å²) in [5, 5.41) is 3.21. The van der Waals surface area contributed by atoms with Gasteiger partial charge in [-0.15, -0.1) is 0 Å². The number of hydrogen-bond donors (Lipinski definition) is 2. The maximum atomic E-state index is 11.1. The number of primary amides is 1. The lowest BCUT2D eigenvalue weighted by molar-refractivity contribution is -0.119. The van der Waals surface area contributed by atoms with Crippen LogP contribution in [0.15, 0.2) is 0 Å². The molecular weight excluding hydrogens is 214 g/mol. The first-order chi connectivity index (χ1) is 7.96. The van der Waals surface area contributed by atoms with E-state index in [0.29, 0.717) is 11.3 Å². The van der Waals surface area contributed by atoms with Gasteiger partial charge in [-0.3, -0.25) is 4.79 Å². The molecule has 2 saturated heterocycles. The quantitative estimate of drug-likeness (QED) is 0.757. The van der Waals surface area contributed by atoms with Gasteiger partial charge in [0.25, 0.3) is 0 Å². The van der Waals surface area contributed by atoms with Crippen molar-refractivity contribution >= 4 is 5.91 Å². The molecule has 4 nitrogen and oxygen atoms in total. The van der Waals surface area contributed by atoms with Gasteiger partial charge in [0.1, 0.15) is 0 Å². The Morgan fingerprint density at radius 1 is 1.41 bits per heavy atom. The molecule has 0 aromatic rings. The third-order valence-corrected chi connectivity index (χ3v) is 4.29. The smallest absolute Gasteiger partial charge is 0.234 e. The van der Waals surface area contributed by atoms with Gasteiger partial charge in [-0.1, -0.05) is 13.8 Å². The Labute approximate surface area is 104 Å². The van der Waals surface area contributed by atoms with E-state index in [2.05, 4.69) is 24.1 Å². The average molecular weight is 239 g/mol. The van der Waals surface area contributed by atoms with Gasteiger partial charge in [-0.25, -0.2) is 0 Å². The normalized spacial score (nSPS) is 33.8. The van der Waals surface area contributed by atoms with E-state index < -0.39 is 0 Å². The summed E-state index contributed by atoms with van der Waals surface area (Å²) in [4.78, 5) is 13.6. The fraction of sp³-hybridized carbons (Fsp3) is 0.923. The highest BCUT2D eigenvalue weighted by atomic mass is 16.1. The summed E-state index contributed by atoms with van der Waals surface area (Å²) in [7, 11) is 0. The zero-order valence-corrected chi connectivity index (χ0v) is 11.0. The highest BCUT2D eigenvalue weighted by Gasteiger charge is 2.31. The molecule has 0 saturated carbocycles. The summed E-state index contributed by atoms with van der Waals surface area (Å²) in [6, 6.07) is -0.0961. The van der Waals surface area contributed by atoms with Crippen molar-refractivity contribution < 1.29 is 4.79 Å². The minimum Gasteiger partial charge on any atom is -0.368 e. The Morgan fingerprint density at radius 2 is 2.06 bits per heavy atom. The molecule has 0 radical (unpaired) electrons. The van der Waals surface area contributed by atoms with Crippen LogP contribution in [0.5, 0.6) is 0 Å². The molecule has 0 spiro atoms. The van der Waals surface area contributed by atoms with E-state index >= 15 is 0 Å². The number of piperidine rings is 1. The van der Waals surface area contributed by atoms with Crippen molar-refractivity contribution in [3.8, 4) is 0 Å². The largest absolute Gasteiger partial charge is 0.368 e. The molecule has 2 fully saturated rings. The van der Waals surface area contributed by atoms with E-state index in [1.54, 1.807) is 0 Å². The molecule has 2 aliphatic heterocycles. The van der Waals surface area contributed by atoms with Crippen LogP contribution in [0.1, 0.15) is 33.1 Å². The summed E-state index contributed by atoms with van der Waals surface area (Å²) < 4.78 is 0. The van der Waals surface area contributed by atoms with E-state index in [1.165, 1.54) is 25.9 Å². The zero-order chi connectivity index (χ0) is 12.5. The fourth-order valence-electron chi connectivity index (χ4n) is 2.87. The fourth-order valence-corrected chi connectivity index (χ4v) is 2.87. The Balaban J connectivity index is 1.74. The van der Waals surface area contributed by atoms with Gasteiger partial charge in [-0.2, -0.15) is 0 Å². The first-order valence-corrected chi connectivity index (χ1v) is 6.71. The predicted octanol–water partition coefficient (Wildman–Crippen LogP) is 0.572. The van der Waals surface area contributed by atoms with Gasteiger partial charge < -0.3 is 16.0 Å². The third-order valence-electron chi connectivity index (χ3n) is 4.29. The molecule has 2 aliphatic rings. The second-order valence-electron chi connectivity index (χ2n) is 6.43. The lowest BCUT2D eigenvalue weighted by Crippen LogP contribution is -2.40. The van der Waals surface area contributed by atoms with Crippen molar-refractivity contribution in [1.82, 2.24) is 10.2 Å². The van der Waals surface area contributed by atoms with Crippen LogP contribution in [0.3, 0.4) is 0 Å². The zero-order valence-electron chi connectivity index (χ0n) is 11.0. The Morgan fingerprint density at radius 3 is 2.59 bits per heavy atom. The van der Waals surface area contributed by atoms with Crippen LogP contribution in [0.2, 0.25) is 0 Å². The van der Waals surface area contributed by atoms with Crippen molar-refractivity contribution in [2.24, 2.45) is 17.1 Å². The van der Waals surface area contributed by atoms with E-state index in [1.807, 2.05) is 0 Å². The van der Waals surface area contributed by atoms with Crippen LogP contribution < -0.4 is 11.1 Å². The van der Waals surface area contributed by atoms with E-state index in [-0.39, 0.29) is 11.9 Å². The standard InChI is InChI=1S/C13H25N3O/c1-13(2)3-5-16(6-4-13)9-10-7-11(12(14)17)15-8-10/h10-11,15H,3-9H2,1-2H3,(H2,14,17). The highest BCUT2D eigenvalue weighted by Crippen LogP contribution is 2.30. The molecule has 0 aromatic carbocycles. The number of nitrogens with one attached hydrogen (secondary N) is 1. The number of hydrogen-bond acceptors (Lipinski definition) is 3. The Hall–Kier alpha value is -0.610. The molecule has 0 aliphatic carbocycles. The third kappa shape index (κ3) is 3.42. The van der Waals surface area contributed by atoms with Gasteiger partial charge in [0.05, 0.1) is 6.04 Å². The number of rotatable bonds is 3. The number of nitrogens with zero attached hydrogens (tertiary/aromatic N) is 1. The summed E-state index contributed by atoms with van der Waals surface area (Å²) in [5.41, 5.74) is 5.83. The topological polar surface area (TPSA) is 58.4 Å². The lowest BCUT2D eigenvalue weighted by atomic mass is 9.82. The van der Waals surface area contributed by atoms with Crippen molar-refractivity contribution in [1.29, 1.82) is 0 Å². The lowest BCUT2D eigenvalue weighted by Gasteiger charge is -2.37. The second-order valence-corrected chi connectivity index (χ2v) is 6.43. The Kier molecular flexibility index (Phi) is 3.73. The molecule has 0 bridgehead atoms. The van der Waals surface area contributed by atoms with Crippen molar-refractivity contribution in [3.05, 3.63) is 0 Å². The van der Waals surface area contributed by atoms with Crippen LogP contribution in [0.4, 0.5) is 0 Å². The molecule has 1 amide bonds. The van der Waals surface area contributed by atoms with Crippen molar-refractivity contribution in [2.45, 2.75) is 39.2 Å². The molecule has 2 atom stereocenters. The van der Waals surface area contributed by atoms with Gasteiger partial charge in [0.15, 0.2) is 0 Å². The predicted molar refractivity (Wildman–Crippen MR) is 68.5 cm³/mol. The number of nitrogens with two attached hydrogens (primary N) is 1. The molecule has 3 N–H and O–H groups in total. The van der Waals surface area contributed by atoms with Gasteiger partial charge >= 0.3 is 0 Å². The van der Waals surface area contributed by atoms with Crippen molar-refractivity contribution in [3.63, 3.8) is 0 Å². The minimum atomic E-state index is -0.202. The summed E-state index contributed by atoms with van der Waals surface area (Å²) in [6.07, 6.45) is 3.48. The Bertz CT molecular complexity index is 280. The number of likely N-dealkylation sites (tertiary alicyclic amines) is 1. The van der Waals surface area contributed by atoms with Crippen LogP contribution in [-0.4, -0.2) is 43.0 Å². The average Bonchev–Trinajstić information content (AvgIpc) is 2.70. The highest BCUT2D eigenvalue weighted by molar-refractivity contribution is 5.80. The molecule has 0 aromatic heterocycles. The van der Waals surface area contributed by atoms with E-state index in [4.69, 9.17) is 5.73 Å². The van der Waals surface area contributed by atoms with Gasteiger partial charge in [0.2, 0.25) is 5.91 Å². The first-order valence-electron chi connectivity index (χ1n) is 6.71. The molecule has 4 heteroatoms. The van der Waals surface area contributed by atoms with Gasteiger partial charge in [0, 0.05) is 6.54 Å². The minimum absolute atomic E-state index is 0.0961. The molecule has 17 heavy (non-hydrogen) atoms. The summed E-state index contributed by atoms with van der Waals surface area (Å²) in [5.74, 6) is 0.390. The van der Waals surface area contributed by atoms with Crippen LogP contribution in [0, 0.1) is 11.3 Å². The number of amides is 1. The first kappa shape index (κ1) is 12.8. The van der Waals surface area contributed by atoms with Gasteiger partial charge in [-0.05, 0) is 50.2 Å². The molecule has 98 valence electrons. The van der Waals surface area contributed by atoms with Crippen LogP contribution in [-0.2, 0) is 4.79 Å². The van der Waals surface area contributed by atoms with E-state index in [0.717, 1.165) is 19.5 Å². The molecular formula is C13H25N3O. The molecule has 2 rings (SSSR count). The monoisotopic (exact) mass is 239 g/mol. The maximum Gasteiger partial charge on any atom is 0.234 e. The van der Waals surface area contributed by atoms with Crippen LogP contribution in [0.25, 0.3) is 0 Å². The maximum absolute atomic E-state index is 11.1. The summed E-state index contributed by atoms with van der Waals surface area (Å²) in [6.45, 7) is 9.16. The van der Waals surface area contributed by atoms with E-state index in [9.17, 15) is 4.79 Å². The molecule has 2 heterocycles.